The normalized spacial score (nSPS) is 12.9. The first kappa shape index (κ1) is 11.4. The summed E-state index contributed by atoms with van der Waals surface area (Å²) >= 11 is 5.84. The Bertz CT molecular complexity index is 306. The number of aliphatic hydroxyl groups is 1. The van der Waals surface area contributed by atoms with Gasteiger partial charge in [-0.2, -0.15) is 0 Å². The summed E-state index contributed by atoms with van der Waals surface area (Å²) in [6.07, 6.45) is 0.489. The van der Waals surface area contributed by atoms with E-state index in [1.807, 2.05) is 0 Å². The molecule has 0 spiro atoms. The molecule has 0 aromatic heterocycles. The molecule has 0 heterocycles. The van der Waals surface area contributed by atoms with Crippen LogP contribution < -0.4 is 5.73 Å². The quantitative estimate of drug-likeness (QED) is 0.807. The Hall–Kier alpha value is -0.640. The molecule has 14 heavy (non-hydrogen) atoms. The van der Waals surface area contributed by atoms with Crippen LogP contribution in [-0.2, 0) is 6.42 Å². The third-order valence-electron chi connectivity index (χ3n) is 2.03. The van der Waals surface area contributed by atoms with E-state index >= 15 is 0 Å². The molecule has 1 atom stereocenters. The number of hydrogen-bond acceptors (Lipinski definition) is 2. The first-order valence-electron chi connectivity index (χ1n) is 4.45. The van der Waals surface area contributed by atoms with Crippen molar-refractivity contribution in [2.75, 3.05) is 6.54 Å². The first-order chi connectivity index (χ1) is 6.63. The third-order valence-corrected chi connectivity index (χ3v) is 2.40. The molecule has 0 fully saturated rings. The molecule has 1 aromatic rings. The molecule has 2 nitrogen and oxygen atoms in total. The molecule has 0 amide bonds. The maximum atomic E-state index is 12.8. The molecule has 78 valence electrons. The van der Waals surface area contributed by atoms with Gasteiger partial charge >= 0.3 is 0 Å². The molecule has 3 N–H and O–H groups in total. The second-order valence-electron chi connectivity index (χ2n) is 3.16. The first-order valence-corrected chi connectivity index (χ1v) is 4.83. The molecule has 0 aliphatic rings. The monoisotopic (exact) mass is 217 g/mol. The lowest BCUT2D eigenvalue weighted by Gasteiger charge is -2.08. The van der Waals surface area contributed by atoms with E-state index in [2.05, 4.69) is 0 Å². The molecule has 0 saturated heterocycles. The van der Waals surface area contributed by atoms with Crippen molar-refractivity contribution in [3.63, 3.8) is 0 Å². The predicted octanol–water partition coefficient (Wildman–Crippen LogP) is 1.73. The minimum absolute atomic E-state index is 0.215. The van der Waals surface area contributed by atoms with Crippen molar-refractivity contribution < 1.29 is 9.50 Å². The third kappa shape index (κ3) is 3.25. The van der Waals surface area contributed by atoms with Gasteiger partial charge in [0, 0.05) is 11.6 Å². The van der Waals surface area contributed by atoms with Crippen LogP contribution in [0.5, 0.6) is 0 Å². The van der Waals surface area contributed by atoms with E-state index in [1.54, 1.807) is 0 Å². The highest BCUT2D eigenvalue weighted by Crippen LogP contribution is 2.18. The van der Waals surface area contributed by atoms with Gasteiger partial charge in [0.1, 0.15) is 5.82 Å². The van der Waals surface area contributed by atoms with Crippen molar-refractivity contribution in [3.8, 4) is 0 Å². The molecular weight excluding hydrogens is 205 g/mol. The standard InChI is InChI=1S/C10H13ClFNO/c11-10-4-2-8(12)5-7(10)1-3-9(14)6-13/h2,4-5,9,14H,1,3,6,13H2. The molecule has 0 radical (unpaired) electrons. The molecule has 1 rings (SSSR count). The number of benzene rings is 1. The lowest BCUT2D eigenvalue weighted by molar-refractivity contribution is 0.173. The molecule has 1 unspecified atom stereocenters. The van der Waals surface area contributed by atoms with Crippen LogP contribution in [0.3, 0.4) is 0 Å². The maximum absolute atomic E-state index is 12.8. The average molecular weight is 218 g/mol. The highest BCUT2D eigenvalue weighted by Gasteiger charge is 2.05. The van der Waals surface area contributed by atoms with Gasteiger partial charge in [-0.1, -0.05) is 11.6 Å². The van der Waals surface area contributed by atoms with Crippen molar-refractivity contribution in [2.45, 2.75) is 18.9 Å². The van der Waals surface area contributed by atoms with Crippen molar-refractivity contribution in [1.29, 1.82) is 0 Å². The summed E-state index contributed by atoms with van der Waals surface area (Å²) in [5, 5.41) is 9.74. The Labute approximate surface area is 87.5 Å². The molecule has 4 heteroatoms. The van der Waals surface area contributed by atoms with Crippen LogP contribution in [0.1, 0.15) is 12.0 Å². The Kier molecular flexibility index (Phi) is 4.32. The van der Waals surface area contributed by atoms with Gasteiger partial charge in [-0.25, -0.2) is 4.39 Å². The lowest BCUT2D eigenvalue weighted by atomic mass is 10.1. The van der Waals surface area contributed by atoms with Gasteiger partial charge in [0.25, 0.3) is 0 Å². The van der Waals surface area contributed by atoms with Gasteiger partial charge in [-0.05, 0) is 36.6 Å². The minimum Gasteiger partial charge on any atom is -0.392 e. The van der Waals surface area contributed by atoms with E-state index in [9.17, 15) is 9.50 Å². The summed E-state index contributed by atoms with van der Waals surface area (Å²) in [5.74, 6) is -0.313. The zero-order chi connectivity index (χ0) is 10.6. The summed E-state index contributed by atoms with van der Waals surface area (Å²) in [4.78, 5) is 0. The second-order valence-corrected chi connectivity index (χ2v) is 3.57. The van der Waals surface area contributed by atoms with Crippen molar-refractivity contribution in [2.24, 2.45) is 5.73 Å². The molecule has 0 bridgehead atoms. The average Bonchev–Trinajstić information content (AvgIpc) is 2.19. The molecule has 0 aliphatic carbocycles. The predicted molar refractivity (Wildman–Crippen MR) is 54.8 cm³/mol. The Morgan fingerprint density at radius 3 is 2.86 bits per heavy atom. The number of nitrogens with two attached hydrogens (primary N) is 1. The largest absolute Gasteiger partial charge is 0.392 e. The van der Waals surface area contributed by atoms with E-state index in [1.165, 1.54) is 18.2 Å². The van der Waals surface area contributed by atoms with Crippen molar-refractivity contribution in [1.82, 2.24) is 0 Å². The Morgan fingerprint density at radius 2 is 2.21 bits per heavy atom. The summed E-state index contributed by atoms with van der Waals surface area (Å²) < 4.78 is 12.8. The van der Waals surface area contributed by atoms with E-state index in [-0.39, 0.29) is 12.4 Å². The SMILES string of the molecule is NCC(O)CCc1cc(F)ccc1Cl. The lowest BCUT2D eigenvalue weighted by Crippen LogP contribution is -2.20. The van der Waals surface area contributed by atoms with Crippen molar-refractivity contribution in [3.05, 3.63) is 34.6 Å². The fourth-order valence-corrected chi connectivity index (χ4v) is 1.39. The van der Waals surface area contributed by atoms with E-state index < -0.39 is 6.10 Å². The van der Waals surface area contributed by atoms with Crippen LogP contribution in [0, 0.1) is 5.82 Å². The summed E-state index contributed by atoms with van der Waals surface area (Å²) in [7, 11) is 0. The molecule has 0 aliphatic heterocycles. The van der Waals surface area contributed by atoms with Gasteiger partial charge in [0.15, 0.2) is 0 Å². The molecular formula is C10H13ClFNO. The van der Waals surface area contributed by atoms with Crippen LogP contribution >= 0.6 is 11.6 Å². The van der Waals surface area contributed by atoms with Gasteiger partial charge in [-0.15, -0.1) is 0 Å². The van der Waals surface area contributed by atoms with Crippen LogP contribution in [0.15, 0.2) is 18.2 Å². The van der Waals surface area contributed by atoms with E-state index in [0.717, 1.165) is 0 Å². The van der Waals surface area contributed by atoms with E-state index in [0.29, 0.717) is 23.4 Å². The van der Waals surface area contributed by atoms with Gasteiger partial charge in [0.05, 0.1) is 6.10 Å². The topological polar surface area (TPSA) is 46.2 Å². The maximum Gasteiger partial charge on any atom is 0.123 e. The van der Waals surface area contributed by atoms with Gasteiger partial charge < -0.3 is 10.8 Å². The minimum atomic E-state index is -0.547. The summed E-state index contributed by atoms with van der Waals surface area (Å²) in [6, 6.07) is 4.21. The number of hydrogen-bond donors (Lipinski definition) is 2. The zero-order valence-electron chi connectivity index (χ0n) is 7.71. The Balaban J connectivity index is 2.62. The highest BCUT2D eigenvalue weighted by molar-refractivity contribution is 6.31. The van der Waals surface area contributed by atoms with Crippen LogP contribution in [0.25, 0.3) is 0 Å². The van der Waals surface area contributed by atoms with Gasteiger partial charge in [-0.3, -0.25) is 0 Å². The van der Waals surface area contributed by atoms with Crippen molar-refractivity contribution >= 4 is 11.6 Å². The highest BCUT2D eigenvalue weighted by atomic mass is 35.5. The van der Waals surface area contributed by atoms with Crippen LogP contribution in [-0.4, -0.2) is 17.8 Å². The Morgan fingerprint density at radius 1 is 1.50 bits per heavy atom. The number of aliphatic hydroxyl groups excluding tert-OH is 1. The zero-order valence-corrected chi connectivity index (χ0v) is 8.47. The number of halogens is 2. The fraction of sp³-hybridized carbons (Fsp3) is 0.400. The second kappa shape index (κ2) is 5.29. The van der Waals surface area contributed by atoms with Gasteiger partial charge in [0.2, 0.25) is 0 Å². The number of rotatable bonds is 4. The smallest absolute Gasteiger partial charge is 0.123 e. The summed E-state index contributed by atoms with van der Waals surface area (Å²) in [5.41, 5.74) is 5.95. The molecule has 1 aromatic carbocycles. The van der Waals surface area contributed by atoms with Crippen LogP contribution in [0.2, 0.25) is 5.02 Å². The number of aryl methyl sites for hydroxylation is 1. The molecule has 0 saturated carbocycles. The fourth-order valence-electron chi connectivity index (χ4n) is 1.17. The van der Waals surface area contributed by atoms with E-state index in [4.69, 9.17) is 17.3 Å². The van der Waals surface area contributed by atoms with Crippen LogP contribution in [0.4, 0.5) is 4.39 Å². The summed E-state index contributed by atoms with van der Waals surface area (Å²) in [6.45, 7) is 0.215.